The molecule has 2 aliphatic carbocycles. The SMILES string of the molecule is O=C(/C=C/c1ccccc1)N(CC1CCCCC1)C1CC1. The minimum absolute atomic E-state index is 0.201. The summed E-state index contributed by atoms with van der Waals surface area (Å²) in [5.74, 6) is 0.931. The van der Waals surface area contributed by atoms with Gasteiger partial charge in [-0.2, -0.15) is 0 Å². The molecule has 0 aliphatic heterocycles. The van der Waals surface area contributed by atoms with Gasteiger partial charge in [-0.1, -0.05) is 49.6 Å². The van der Waals surface area contributed by atoms with Crippen molar-refractivity contribution in [3.8, 4) is 0 Å². The molecule has 0 heterocycles. The highest BCUT2D eigenvalue weighted by atomic mass is 16.2. The van der Waals surface area contributed by atoms with E-state index in [1.54, 1.807) is 6.08 Å². The van der Waals surface area contributed by atoms with Crippen LogP contribution in [-0.4, -0.2) is 23.4 Å². The predicted molar refractivity (Wildman–Crippen MR) is 86.8 cm³/mol. The second-order valence-electron chi connectivity index (χ2n) is 6.47. The third-order valence-corrected chi connectivity index (χ3v) is 4.67. The van der Waals surface area contributed by atoms with E-state index in [1.165, 1.54) is 44.9 Å². The van der Waals surface area contributed by atoms with Crippen molar-refractivity contribution in [2.75, 3.05) is 6.54 Å². The molecule has 2 fully saturated rings. The zero-order valence-corrected chi connectivity index (χ0v) is 12.7. The minimum Gasteiger partial charge on any atom is -0.336 e. The van der Waals surface area contributed by atoms with Gasteiger partial charge >= 0.3 is 0 Å². The summed E-state index contributed by atoms with van der Waals surface area (Å²) in [6, 6.07) is 10.6. The van der Waals surface area contributed by atoms with E-state index in [-0.39, 0.29) is 5.91 Å². The van der Waals surface area contributed by atoms with E-state index in [2.05, 4.69) is 4.90 Å². The van der Waals surface area contributed by atoms with Crippen molar-refractivity contribution < 1.29 is 4.79 Å². The number of carbonyl (C=O) groups excluding carboxylic acids is 1. The average Bonchev–Trinajstić information content (AvgIpc) is 3.37. The molecule has 2 nitrogen and oxygen atoms in total. The van der Waals surface area contributed by atoms with Crippen LogP contribution < -0.4 is 0 Å². The van der Waals surface area contributed by atoms with Crippen molar-refractivity contribution in [1.29, 1.82) is 0 Å². The van der Waals surface area contributed by atoms with Gasteiger partial charge in [-0.15, -0.1) is 0 Å². The van der Waals surface area contributed by atoms with Crippen molar-refractivity contribution in [1.82, 2.24) is 4.90 Å². The average molecular weight is 283 g/mol. The molecule has 0 N–H and O–H groups in total. The summed E-state index contributed by atoms with van der Waals surface area (Å²) in [5.41, 5.74) is 1.10. The fourth-order valence-electron chi connectivity index (χ4n) is 3.28. The minimum atomic E-state index is 0.201. The van der Waals surface area contributed by atoms with Crippen molar-refractivity contribution in [2.45, 2.75) is 51.0 Å². The Morgan fingerprint density at radius 1 is 1.05 bits per heavy atom. The molecule has 1 amide bonds. The molecule has 0 spiro atoms. The lowest BCUT2D eigenvalue weighted by atomic mass is 9.89. The Morgan fingerprint density at radius 2 is 1.76 bits per heavy atom. The number of hydrogen-bond donors (Lipinski definition) is 0. The van der Waals surface area contributed by atoms with Crippen LogP contribution in [0.5, 0.6) is 0 Å². The lowest BCUT2D eigenvalue weighted by Crippen LogP contribution is -2.36. The Bertz CT molecular complexity index is 484. The van der Waals surface area contributed by atoms with Crippen LogP contribution >= 0.6 is 0 Å². The van der Waals surface area contributed by atoms with Crippen molar-refractivity contribution in [3.63, 3.8) is 0 Å². The third kappa shape index (κ3) is 4.20. The molecular formula is C19H25NO. The molecule has 1 aromatic rings. The molecule has 0 saturated heterocycles. The van der Waals surface area contributed by atoms with E-state index in [9.17, 15) is 4.79 Å². The standard InChI is InChI=1S/C19H25NO/c21-19(14-11-16-7-3-1-4-8-16)20(18-12-13-18)15-17-9-5-2-6-10-17/h1,3-4,7-8,11,14,17-18H,2,5-6,9-10,12-13,15H2/b14-11+. The fourth-order valence-corrected chi connectivity index (χ4v) is 3.28. The van der Waals surface area contributed by atoms with Gasteiger partial charge in [0.15, 0.2) is 0 Å². The van der Waals surface area contributed by atoms with E-state index in [1.807, 2.05) is 36.4 Å². The van der Waals surface area contributed by atoms with Gasteiger partial charge in [0, 0.05) is 18.7 Å². The third-order valence-electron chi connectivity index (χ3n) is 4.67. The quantitative estimate of drug-likeness (QED) is 0.739. The molecule has 21 heavy (non-hydrogen) atoms. The maximum Gasteiger partial charge on any atom is 0.246 e. The fraction of sp³-hybridized carbons (Fsp3) is 0.526. The summed E-state index contributed by atoms with van der Waals surface area (Å²) >= 11 is 0. The first-order valence-electron chi connectivity index (χ1n) is 8.36. The topological polar surface area (TPSA) is 20.3 Å². The van der Waals surface area contributed by atoms with Gasteiger partial charge in [0.05, 0.1) is 0 Å². The summed E-state index contributed by atoms with van der Waals surface area (Å²) < 4.78 is 0. The summed E-state index contributed by atoms with van der Waals surface area (Å²) in [4.78, 5) is 14.6. The Balaban J connectivity index is 1.60. The monoisotopic (exact) mass is 283 g/mol. The van der Waals surface area contributed by atoms with Gasteiger partial charge in [0.1, 0.15) is 0 Å². The molecule has 0 atom stereocenters. The van der Waals surface area contributed by atoms with Gasteiger partial charge < -0.3 is 4.90 Å². The Morgan fingerprint density at radius 3 is 2.43 bits per heavy atom. The molecule has 0 bridgehead atoms. The molecule has 2 aliphatic rings. The van der Waals surface area contributed by atoms with Gasteiger partial charge in [0.2, 0.25) is 5.91 Å². The first-order chi connectivity index (χ1) is 10.3. The maximum absolute atomic E-state index is 12.5. The van der Waals surface area contributed by atoms with Gasteiger partial charge in [-0.25, -0.2) is 0 Å². The second kappa shape index (κ2) is 6.93. The lowest BCUT2D eigenvalue weighted by Gasteiger charge is -2.29. The molecule has 0 unspecified atom stereocenters. The van der Waals surface area contributed by atoms with Crippen LogP contribution in [0.25, 0.3) is 6.08 Å². The van der Waals surface area contributed by atoms with Crippen LogP contribution in [0.15, 0.2) is 36.4 Å². The highest BCUT2D eigenvalue weighted by molar-refractivity contribution is 5.92. The first kappa shape index (κ1) is 14.4. The van der Waals surface area contributed by atoms with Crippen LogP contribution in [0.2, 0.25) is 0 Å². The Hall–Kier alpha value is -1.57. The maximum atomic E-state index is 12.5. The molecule has 1 aromatic carbocycles. The number of benzene rings is 1. The molecule has 0 radical (unpaired) electrons. The lowest BCUT2D eigenvalue weighted by molar-refractivity contribution is -0.127. The van der Waals surface area contributed by atoms with Crippen LogP contribution in [-0.2, 0) is 4.79 Å². The molecule has 0 aromatic heterocycles. The van der Waals surface area contributed by atoms with Crippen LogP contribution in [0.4, 0.5) is 0 Å². The van der Waals surface area contributed by atoms with E-state index in [0.717, 1.165) is 18.0 Å². The number of nitrogens with zero attached hydrogens (tertiary/aromatic N) is 1. The molecule has 2 heteroatoms. The molecule has 3 rings (SSSR count). The van der Waals surface area contributed by atoms with E-state index in [0.29, 0.717) is 6.04 Å². The van der Waals surface area contributed by atoms with E-state index >= 15 is 0 Å². The van der Waals surface area contributed by atoms with E-state index < -0.39 is 0 Å². The Labute approximate surface area is 127 Å². The predicted octanol–water partition coefficient (Wildman–Crippen LogP) is 4.27. The van der Waals surface area contributed by atoms with Crippen LogP contribution in [0.1, 0.15) is 50.5 Å². The summed E-state index contributed by atoms with van der Waals surface area (Å²) in [6.45, 7) is 0.975. The van der Waals surface area contributed by atoms with Gasteiger partial charge in [-0.3, -0.25) is 4.79 Å². The second-order valence-corrected chi connectivity index (χ2v) is 6.47. The van der Waals surface area contributed by atoms with Gasteiger partial charge in [0.25, 0.3) is 0 Å². The molecule has 112 valence electrons. The number of rotatable bonds is 5. The number of amides is 1. The number of carbonyl (C=O) groups is 1. The zero-order valence-electron chi connectivity index (χ0n) is 12.7. The van der Waals surface area contributed by atoms with Crippen molar-refractivity contribution in [3.05, 3.63) is 42.0 Å². The first-order valence-corrected chi connectivity index (χ1v) is 8.36. The van der Waals surface area contributed by atoms with E-state index in [4.69, 9.17) is 0 Å². The number of hydrogen-bond acceptors (Lipinski definition) is 1. The largest absolute Gasteiger partial charge is 0.336 e. The zero-order chi connectivity index (χ0) is 14.5. The Kier molecular flexibility index (Phi) is 4.74. The van der Waals surface area contributed by atoms with Crippen molar-refractivity contribution >= 4 is 12.0 Å². The van der Waals surface area contributed by atoms with Crippen LogP contribution in [0.3, 0.4) is 0 Å². The summed E-state index contributed by atoms with van der Waals surface area (Å²) in [6.07, 6.45) is 12.8. The smallest absolute Gasteiger partial charge is 0.246 e. The highest BCUT2D eigenvalue weighted by Gasteiger charge is 2.33. The summed E-state index contributed by atoms with van der Waals surface area (Å²) in [7, 11) is 0. The normalized spacial score (nSPS) is 19.8. The summed E-state index contributed by atoms with van der Waals surface area (Å²) in [5, 5.41) is 0. The van der Waals surface area contributed by atoms with Crippen molar-refractivity contribution in [2.24, 2.45) is 5.92 Å². The molecular weight excluding hydrogens is 258 g/mol. The van der Waals surface area contributed by atoms with Gasteiger partial charge in [-0.05, 0) is 43.2 Å². The molecule has 2 saturated carbocycles. The highest BCUT2D eigenvalue weighted by Crippen LogP contribution is 2.31. The van der Waals surface area contributed by atoms with Crippen LogP contribution in [0, 0.1) is 5.92 Å².